The lowest BCUT2D eigenvalue weighted by Crippen LogP contribution is -2.41. The highest BCUT2D eigenvalue weighted by atomic mass is 19.1. The summed E-state index contributed by atoms with van der Waals surface area (Å²) in [6.45, 7) is 0. The molecule has 1 aliphatic carbocycles. The lowest BCUT2D eigenvalue weighted by Gasteiger charge is -2.34. The van der Waals surface area contributed by atoms with E-state index in [0.29, 0.717) is 24.8 Å². The first-order valence-corrected chi connectivity index (χ1v) is 9.46. The van der Waals surface area contributed by atoms with Crippen LogP contribution in [0.3, 0.4) is 0 Å². The Kier molecular flexibility index (Phi) is 4.12. The summed E-state index contributed by atoms with van der Waals surface area (Å²) in [5.41, 5.74) is 0.943. The molecule has 29 heavy (non-hydrogen) atoms. The van der Waals surface area contributed by atoms with Gasteiger partial charge in [0, 0.05) is 37.7 Å². The van der Waals surface area contributed by atoms with Gasteiger partial charge in [-0.05, 0) is 18.6 Å². The van der Waals surface area contributed by atoms with Crippen LogP contribution in [0.25, 0.3) is 0 Å². The molecule has 5 rings (SSSR count). The maximum Gasteiger partial charge on any atom is 0.346 e. The number of hydrogen-bond donors (Lipinski definition) is 0. The quantitative estimate of drug-likeness (QED) is 0.675. The van der Waals surface area contributed by atoms with Crippen molar-refractivity contribution in [1.82, 2.24) is 24.3 Å². The van der Waals surface area contributed by atoms with Crippen LogP contribution in [-0.2, 0) is 6.42 Å². The van der Waals surface area contributed by atoms with Gasteiger partial charge in [0.2, 0.25) is 0 Å². The summed E-state index contributed by atoms with van der Waals surface area (Å²) in [7, 11) is 0. The number of nitrogens with zero attached hydrogens (tertiary/aromatic N) is 6. The third-order valence-corrected chi connectivity index (χ3v) is 5.55. The highest BCUT2D eigenvalue weighted by molar-refractivity contribution is 5.37. The van der Waals surface area contributed by atoms with Gasteiger partial charge in [0.05, 0.1) is 35.6 Å². The van der Waals surface area contributed by atoms with Crippen molar-refractivity contribution in [3.63, 3.8) is 0 Å². The number of aryl methyl sites for hydroxylation is 1. The summed E-state index contributed by atoms with van der Waals surface area (Å²) in [6, 6.07) is 5.77. The lowest BCUT2D eigenvalue weighted by molar-refractivity contribution is 0.0589. The van der Waals surface area contributed by atoms with Gasteiger partial charge in [-0.25, -0.2) is 13.9 Å². The molecule has 1 atom stereocenters. The molecule has 0 radical (unpaired) electrons. The van der Waals surface area contributed by atoms with E-state index in [4.69, 9.17) is 10.00 Å². The summed E-state index contributed by atoms with van der Waals surface area (Å²) < 4.78 is 22.8. The molecule has 3 heterocycles. The molecule has 8 nitrogen and oxygen atoms in total. The van der Waals surface area contributed by atoms with Crippen LogP contribution in [0.1, 0.15) is 48.4 Å². The van der Waals surface area contributed by atoms with E-state index in [-0.39, 0.29) is 29.6 Å². The van der Waals surface area contributed by atoms with Gasteiger partial charge >= 0.3 is 5.69 Å². The Balaban J connectivity index is 1.31. The number of ether oxygens (including phenoxy) is 1. The Bertz CT molecular complexity index is 1160. The van der Waals surface area contributed by atoms with Gasteiger partial charge in [0.25, 0.3) is 0 Å². The molecule has 1 fully saturated rings. The summed E-state index contributed by atoms with van der Waals surface area (Å²) in [5, 5.41) is 13.5. The molecule has 3 aromatic rings. The van der Waals surface area contributed by atoms with Gasteiger partial charge in [-0.1, -0.05) is 0 Å². The van der Waals surface area contributed by atoms with Gasteiger partial charge in [-0.3, -0.25) is 14.5 Å². The number of halogens is 1. The monoisotopic (exact) mass is 392 g/mol. The number of nitriles is 1. The van der Waals surface area contributed by atoms with Gasteiger partial charge in [-0.15, -0.1) is 0 Å². The standard InChI is InChI=1S/C20H17FN6O2/c21-15-2-1-12(10-22)7-18(15)29-14-8-13(9-14)27-20(28)26-17(3-4-19(26)25-27)16-11-23-5-6-24-16/h1-2,5-7,11,13-14,17H,3-4,8-9H2/t13?,14?,17-/m0/s1. The molecule has 0 amide bonds. The Morgan fingerprint density at radius 1 is 1.28 bits per heavy atom. The molecular formula is C20H17FN6O2. The molecule has 0 spiro atoms. The van der Waals surface area contributed by atoms with Crippen LogP contribution < -0.4 is 10.4 Å². The maximum absolute atomic E-state index is 13.9. The number of benzene rings is 1. The molecule has 0 bridgehead atoms. The zero-order chi connectivity index (χ0) is 20.0. The van der Waals surface area contributed by atoms with Gasteiger partial charge in [0.1, 0.15) is 11.9 Å². The second-order valence-electron chi connectivity index (χ2n) is 7.32. The molecule has 0 unspecified atom stereocenters. The average Bonchev–Trinajstić information content (AvgIpc) is 3.27. The molecule has 2 aliphatic rings. The molecule has 0 N–H and O–H groups in total. The summed E-state index contributed by atoms with van der Waals surface area (Å²) in [6.07, 6.45) is 7.30. The van der Waals surface area contributed by atoms with E-state index >= 15 is 0 Å². The van der Waals surface area contributed by atoms with Crippen LogP contribution in [0.4, 0.5) is 4.39 Å². The van der Waals surface area contributed by atoms with Crippen molar-refractivity contribution in [2.45, 2.75) is 43.9 Å². The van der Waals surface area contributed by atoms with Crippen LogP contribution in [-0.4, -0.2) is 30.4 Å². The Morgan fingerprint density at radius 2 is 2.14 bits per heavy atom. The summed E-state index contributed by atoms with van der Waals surface area (Å²) in [5.74, 6) is 0.315. The van der Waals surface area contributed by atoms with Crippen molar-refractivity contribution >= 4 is 0 Å². The SMILES string of the molecule is N#Cc1ccc(F)c(OC2CC(n3nc4n(c3=O)[C@H](c3cnccn3)CC4)C2)c1. The molecule has 146 valence electrons. The van der Waals surface area contributed by atoms with E-state index in [1.54, 1.807) is 23.2 Å². The fourth-order valence-corrected chi connectivity index (χ4v) is 3.99. The minimum atomic E-state index is -0.502. The number of fused-ring (bicyclic) bond motifs is 1. The van der Waals surface area contributed by atoms with Gasteiger partial charge in [0.15, 0.2) is 11.6 Å². The third-order valence-electron chi connectivity index (χ3n) is 5.55. The van der Waals surface area contributed by atoms with E-state index < -0.39 is 5.82 Å². The minimum absolute atomic E-state index is 0.0647. The first-order chi connectivity index (χ1) is 14.1. The van der Waals surface area contributed by atoms with Crippen LogP contribution in [0, 0.1) is 17.1 Å². The molecule has 9 heteroatoms. The highest BCUT2D eigenvalue weighted by Crippen LogP contribution is 2.36. The van der Waals surface area contributed by atoms with E-state index in [1.807, 2.05) is 6.07 Å². The van der Waals surface area contributed by atoms with E-state index in [0.717, 1.165) is 17.9 Å². The van der Waals surface area contributed by atoms with Crippen molar-refractivity contribution in [2.75, 3.05) is 0 Å². The zero-order valence-electron chi connectivity index (χ0n) is 15.4. The third kappa shape index (κ3) is 2.97. The zero-order valence-corrected chi connectivity index (χ0v) is 15.4. The second kappa shape index (κ2) is 6.81. The van der Waals surface area contributed by atoms with Crippen LogP contribution in [0.15, 0.2) is 41.6 Å². The molecular weight excluding hydrogens is 375 g/mol. The molecule has 1 aromatic carbocycles. The van der Waals surface area contributed by atoms with Crippen molar-refractivity contribution in [3.05, 3.63) is 70.2 Å². The predicted octanol–water partition coefficient (Wildman–Crippen LogP) is 2.16. The van der Waals surface area contributed by atoms with Crippen molar-refractivity contribution in [2.24, 2.45) is 0 Å². The smallest absolute Gasteiger partial charge is 0.346 e. The van der Waals surface area contributed by atoms with Crippen molar-refractivity contribution in [1.29, 1.82) is 5.26 Å². The molecule has 1 saturated carbocycles. The first kappa shape index (κ1) is 17.6. The normalized spacial score (nSPS) is 22.6. The average molecular weight is 392 g/mol. The maximum atomic E-state index is 13.9. The van der Waals surface area contributed by atoms with Crippen LogP contribution >= 0.6 is 0 Å². The summed E-state index contributed by atoms with van der Waals surface area (Å²) >= 11 is 0. The summed E-state index contributed by atoms with van der Waals surface area (Å²) in [4.78, 5) is 21.4. The first-order valence-electron chi connectivity index (χ1n) is 9.46. The number of hydrogen-bond acceptors (Lipinski definition) is 6. The fourth-order valence-electron chi connectivity index (χ4n) is 3.99. The number of rotatable bonds is 4. The van der Waals surface area contributed by atoms with Gasteiger partial charge < -0.3 is 4.74 Å². The van der Waals surface area contributed by atoms with Gasteiger partial charge in [-0.2, -0.15) is 10.4 Å². The van der Waals surface area contributed by atoms with E-state index in [9.17, 15) is 9.18 Å². The lowest BCUT2D eigenvalue weighted by atomic mass is 9.89. The predicted molar refractivity (Wildman–Crippen MR) is 98.8 cm³/mol. The molecule has 0 saturated heterocycles. The molecule has 2 aromatic heterocycles. The van der Waals surface area contributed by atoms with E-state index in [1.165, 1.54) is 22.9 Å². The van der Waals surface area contributed by atoms with Crippen LogP contribution in [0.5, 0.6) is 5.75 Å². The van der Waals surface area contributed by atoms with Crippen molar-refractivity contribution in [3.8, 4) is 11.8 Å². The topological polar surface area (TPSA) is 98.6 Å². The minimum Gasteiger partial charge on any atom is -0.487 e. The van der Waals surface area contributed by atoms with Crippen molar-refractivity contribution < 1.29 is 9.13 Å². The Labute approximate surface area is 165 Å². The highest BCUT2D eigenvalue weighted by Gasteiger charge is 2.38. The Morgan fingerprint density at radius 3 is 2.90 bits per heavy atom. The number of aromatic nitrogens is 5. The van der Waals surface area contributed by atoms with E-state index in [2.05, 4.69) is 15.1 Å². The fraction of sp³-hybridized carbons (Fsp3) is 0.350. The second-order valence-corrected chi connectivity index (χ2v) is 7.32. The largest absolute Gasteiger partial charge is 0.487 e. The van der Waals surface area contributed by atoms with Crippen LogP contribution in [0.2, 0.25) is 0 Å². The Hall–Kier alpha value is -3.54. The molecule has 1 aliphatic heterocycles.